The fraction of sp³-hybridized carbons (Fsp3) is 0.375. The maximum absolute atomic E-state index is 13.7. The largest absolute Gasteiger partial charge is 0.490 e. The minimum absolute atomic E-state index is 0.0204. The average Bonchev–Trinajstić information content (AvgIpc) is 3.52. The van der Waals surface area contributed by atoms with E-state index in [0.29, 0.717) is 21.9 Å². The summed E-state index contributed by atoms with van der Waals surface area (Å²) in [5.41, 5.74) is 4.33. The molecule has 5 heterocycles. The van der Waals surface area contributed by atoms with E-state index >= 15 is 0 Å². The highest BCUT2D eigenvalue weighted by Gasteiger charge is 2.55. The molecule has 4 aromatic heterocycles. The molecule has 5 N–H and O–H groups in total. The highest BCUT2D eigenvalue weighted by Crippen LogP contribution is 2.41. The van der Waals surface area contributed by atoms with Gasteiger partial charge in [-0.2, -0.15) is 26.3 Å². The summed E-state index contributed by atoms with van der Waals surface area (Å²) < 4.78 is 75.7. The Labute approximate surface area is 242 Å². The van der Waals surface area contributed by atoms with Crippen LogP contribution in [0.5, 0.6) is 0 Å². The van der Waals surface area contributed by atoms with Gasteiger partial charge in [0.2, 0.25) is 0 Å². The highest BCUT2D eigenvalue weighted by atomic mass is 35.5. The Morgan fingerprint density at radius 2 is 1.91 bits per heavy atom. The molecule has 2 unspecified atom stereocenters. The molecule has 0 saturated carbocycles. The van der Waals surface area contributed by atoms with E-state index in [2.05, 4.69) is 20.4 Å². The normalized spacial score (nSPS) is 18.3. The van der Waals surface area contributed by atoms with Crippen LogP contribution in [0.25, 0.3) is 11.2 Å². The number of carboxylic acids is 1. The Balaban J connectivity index is 0.000000541. The number of nitrogens with two attached hydrogens (primary N) is 1. The summed E-state index contributed by atoms with van der Waals surface area (Å²) in [6.45, 7) is 1.25. The molecule has 0 aromatic carbocycles. The number of hydrogen-bond acceptors (Lipinski definition) is 8. The van der Waals surface area contributed by atoms with Crippen LogP contribution in [0.1, 0.15) is 41.7 Å². The zero-order valence-electron chi connectivity index (χ0n) is 22.0. The summed E-state index contributed by atoms with van der Waals surface area (Å²) in [6.07, 6.45) is -4.16. The summed E-state index contributed by atoms with van der Waals surface area (Å²) in [5.74, 6) is -3.00. The minimum Gasteiger partial charge on any atom is -0.475 e. The van der Waals surface area contributed by atoms with Gasteiger partial charge in [0.25, 0.3) is 5.91 Å². The quantitative estimate of drug-likeness (QED) is 0.245. The van der Waals surface area contributed by atoms with E-state index < -0.39 is 48.8 Å². The molecule has 2 atom stereocenters. The monoisotopic (exact) mass is 636 g/mol. The summed E-state index contributed by atoms with van der Waals surface area (Å²) in [7, 11) is 0. The van der Waals surface area contributed by atoms with Crippen molar-refractivity contribution in [3.63, 3.8) is 0 Å². The molecule has 1 saturated heterocycles. The number of carbonyl (C=O) groups excluding carboxylic acids is 1. The predicted octanol–water partition coefficient (Wildman–Crippen LogP) is 3.63. The number of amides is 1. The molecule has 19 heteroatoms. The van der Waals surface area contributed by atoms with Gasteiger partial charge in [-0.15, -0.1) is 5.10 Å². The van der Waals surface area contributed by atoms with E-state index in [1.54, 1.807) is 29.7 Å². The predicted molar refractivity (Wildman–Crippen MR) is 140 cm³/mol. The number of aromatic nitrogens is 5. The number of nitrogens with zero attached hydrogens (tertiary/aromatic N) is 6. The lowest BCUT2D eigenvalue weighted by molar-refractivity contribution is -0.261. The van der Waals surface area contributed by atoms with Crippen LogP contribution in [-0.4, -0.2) is 77.1 Å². The van der Waals surface area contributed by atoms with Gasteiger partial charge >= 0.3 is 18.3 Å². The van der Waals surface area contributed by atoms with E-state index in [1.165, 1.54) is 28.1 Å². The van der Waals surface area contributed by atoms with Crippen LogP contribution in [0.3, 0.4) is 0 Å². The number of pyridine rings is 1. The number of carbonyl (C=O) groups is 2. The van der Waals surface area contributed by atoms with E-state index in [9.17, 15) is 36.2 Å². The molecule has 1 aliphatic heterocycles. The Morgan fingerprint density at radius 3 is 2.53 bits per heavy atom. The number of carboxylic acid groups (broad SMARTS) is 1. The van der Waals surface area contributed by atoms with Gasteiger partial charge < -0.3 is 26.2 Å². The fourth-order valence-corrected chi connectivity index (χ4v) is 4.88. The van der Waals surface area contributed by atoms with Crippen molar-refractivity contribution in [1.82, 2.24) is 29.3 Å². The standard InChI is InChI=1S/C22H22ClF3N8O2.C2HF3O2/c1-12(30-19(35)16-17(27)31-34-7-3-5-29-18(16)34)13-8-14(23)15-9-28-11-33(15)20(13)32-6-2-4-21(36,10-32)22(24,25)26;3-2(4,5)1(6)7/h3,5,7-9,11-12,36H,2,4,6,10H2,1H3,(H2,27,31)(H,30,35);(H,6,7). The first-order valence-electron chi connectivity index (χ1n) is 12.3. The maximum atomic E-state index is 13.7. The second kappa shape index (κ2) is 11.4. The van der Waals surface area contributed by atoms with Crippen LogP contribution in [0.4, 0.5) is 38.0 Å². The van der Waals surface area contributed by atoms with Gasteiger partial charge in [-0.05, 0) is 31.9 Å². The van der Waals surface area contributed by atoms with Gasteiger partial charge in [0.15, 0.2) is 17.1 Å². The van der Waals surface area contributed by atoms with Crippen molar-refractivity contribution in [1.29, 1.82) is 0 Å². The van der Waals surface area contributed by atoms with E-state index in [0.717, 1.165) is 0 Å². The number of imidazole rings is 1. The molecule has 5 rings (SSSR count). The molecular formula is C24H23ClF6N8O4. The topological polar surface area (TPSA) is 163 Å². The van der Waals surface area contributed by atoms with Crippen LogP contribution in [0.2, 0.25) is 5.02 Å². The third-order valence-corrected chi connectivity index (χ3v) is 6.96. The average molecular weight is 637 g/mol. The van der Waals surface area contributed by atoms with Crippen molar-refractivity contribution in [3.8, 4) is 0 Å². The van der Waals surface area contributed by atoms with Crippen molar-refractivity contribution >= 4 is 46.3 Å². The second-order valence-corrected chi connectivity index (χ2v) is 10.0. The number of nitrogen functional groups attached to an aromatic ring is 1. The van der Waals surface area contributed by atoms with E-state index in [-0.39, 0.29) is 30.0 Å². The zero-order chi connectivity index (χ0) is 31.9. The maximum Gasteiger partial charge on any atom is 0.490 e. The molecule has 0 bridgehead atoms. The number of alkyl halides is 6. The number of hydrogen-bond donors (Lipinski definition) is 4. The van der Waals surface area contributed by atoms with Crippen molar-refractivity contribution in [2.75, 3.05) is 23.7 Å². The molecule has 0 radical (unpaired) electrons. The number of fused-ring (bicyclic) bond motifs is 2. The molecule has 12 nitrogen and oxygen atoms in total. The molecule has 0 aliphatic carbocycles. The van der Waals surface area contributed by atoms with Crippen LogP contribution in [0.15, 0.2) is 37.1 Å². The molecule has 232 valence electrons. The van der Waals surface area contributed by atoms with Crippen LogP contribution < -0.4 is 16.0 Å². The summed E-state index contributed by atoms with van der Waals surface area (Å²) in [5, 5.41) is 24.8. The first-order chi connectivity index (χ1) is 19.9. The number of aliphatic carboxylic acids is 1. The molecule has 1 aliphatic rings. The number of piperidine rings is 1. The van der Waals surface area contributed by atoms with Gasteiger partial charge in [-0.1, -0.05) is 11.6 Å². The number of aliphatic hydroxyl groups is 1. The number of rotatable bonds is 4. The van der Waals surface area contributed by atoms with Gasteiger partial charge in [0, 0.05) is 24.5 Å². The van der Waals surface area contributed by atoms with Gasteiger partial charge in [0.1, 0.15) is 17.7 Å². The minimum atomic E-state index is -5.08. The number of anilines is 2. The molecular weight excluding hydrogens is 614 g/mol. The molecule has 43 heavy (non-hydrogen) atoms. The van der Waals surface area contributed by atoms with E-state index in [1.807, 2.05) is 0 Å². The molecule has 1 fully saturated rings. The Bertz CT molecular complexity index is 1670. The number of halogens is 7. The molecule has 0 spiro atoms. The lowest BCUT2D eigenvalue weighted by Crippen LogP contribution is -2.57. The van der Waals surface area contributed by atoms with Gasteiger partial charge in [0.05, 0.1) is 29.3 Å². The molecule has 1 amide bonds. The van der Waals surface area contributed by atoms with Gasteiger partial charge in [-0.3, -0.25) is 9.20 Å². The first-order valence-corrected chi connectivity index (χ1v) is 12.7. The lowest BCUT2D eigenvalue weighted by Gasteiger charge is -2.42. The smallest absolute Gasteiger partial charge is 0.475 e. The third-order valence-electron chi connectivity index (χ3n) is 6.66. The number of β-amino-alcohol motifs (C(OH)–C–C–N with tert-alkyl or cyclic N) is 1. The second-order valence-electron chi connectivity index (χ2n) is 9.62. The van der Waals surface area contributed by atoms with Crippen molar-refractivity contribution in [3.05, 3.63) is 53.2 Å². The Hall–Kier alpha value is -4.32. The number of nitrogens with one attached hydrogen (secondary N) is 1. The first kappa shape index (κ1) is 31.6. The fourth-order valence-electron chi connectivity index (χ4n) is 4.62. The van der Waals surface area contributed by atoms with Crippen LogP contribution in [0, 0.1) is 0 Å². The highest BCUT2D eigenvalue weighted by molar-refractivity contribution is 6.34. The van der Waals surface area contributed by atoms with E-state index in [4.69, 9.17) is 27.2 Å². The van der Waals surface area contributed by atoms with Crippen molar-refractivity contribution in [2.45, 2.75) is 43.8 Å². The Morgan fingerprint density at radius 1 is 1.23 bits per heavy atom. The summed E-state index contributed by atoms with van der Waals surface area (Å²) in [6, 6.07) is 2.49. The zero-order valence-corrected chi connectivity index (χ0v) is 22.7. The molecule has 4 aromatic rings. The SMILES string of the molecule is CC(NC(=O)c1c(N)nn2cccnc12)c1cc(Cl)c2cncn2c1N1CCCC(O)(C(F)(F)F)C1.O=C(O)C(F)(F)F. The Kier molecular flexibility index (Phi) is 8.38. The van der Waals surface area contributed by atoms with Crippen LogP contribution in [-0.2, 0) is 4.79 Å². The van der Waals surface area contributed by atoms with Gasteiger partial charge in [-0.25, -0.2) is 19.3 Å². The third kappa shape index (κ3) is 6.24. The van der Waals surface area contributed by atoms with Crippen LogP contribution >= 0.6 is 11.6 Å². The summed E-state index contributed by atoms with van der Waals surface area (Å²) >= 11 is 6.46. The van der Waals surface area contributed by atoms with Crippen molar-refractivity contribution < 1.29 is 46.1 Å². The van der Waals surface area contributed by atoms with Crippen molar-refractivity contribution in [2.24, 2.45) is 0 Å². The lowest BCUT2D eigenvalue weighted by atomic mass is 9.91. The summed E-state index contributed by atoms with van der Waals surface area (Å²) in [4.78, 5) is 31.8.